The Balaban J connectivity index is 1.51. The van der Waals surface area contributed by atoms with Gasteiger partial charge in [0.1, 0.15) is 11.9 Å². The van der Waals surface area contributed by atoms with Crippen LogP contribution in [0.25, 0.3) is 10.9 Å². The highest BCUT2D eigenvalue weighted by Crippen LogP contribution is 2.39. The van der Waals surface area contributed by atoms with E-state index < -0.39 is 0 Å². The minimum atomic E-state index is 0.0673. The zero-order valence-corrected chi connectivity index (χ0v) is 12.8. The lowest BCUT2D eigenvalue weighted by molar-refractivity contribution is -0.0959. The van der Waals surface area contributed by atoms with Gasteiger partial charge in [-0.2, -0.15) is 11.8 Å². The Hall–Kier alpha value is -1.26. The summed E-state index contributed by atoms with van der Waals surface area (Å²) in [6, 6.07) is 10.2. The third kappa shape index (κ3) is 2.74. The number of pyridine rings is 1. The predicted octanol–water partition coefficient (Wildman–Crippen LogP) is 3.67. The van der Waals surface area contributed by atoms with Gasteiger partial charge in [0, 0.05) is 24.0 Å². The molecule has 2 aliphatic rings. The van der Waals surface area contributed by atoms with E-state index >= 15 is 0 Å². The van der Waals surface area contributed by atoms with Crippen LogP contribution < -0.4 is 4.74 Å². The van der Waals surface area contributed by atoms with Gasteiger partial charge in [-0.3, -0.25) is 4.98 Å². The number of rotatable bonds is 2. The van der Waals surface area contributed by atoms with Crippen molar-refractivity contribution in [2.75, 3.05) is 18.1 Å². The molecule has 1 spiro atoms. The summed E-state index contributed by atoms with van der Waals surface area (Å²) < 4.78 is 12.2. The predicted molar refractivity (Wildman–Crippen MR) is 86.0 cm³/mol. The van der Waals surface area contributed by atoms with Crippen LogP contribution >= 0.6 is 11.8 Å². The van der Waals surface area contributed by atoms with Crippen LogP contribution in [0.5, 0.6) is 5.75 Å². The number of hydrogen-bond acceptors (Lipinski definition) is 4. The number of ether oxygens (including phenoxy) is 2. The number of benzene rings is 1. The van der Waals surface area contributed by atoms with E-state index in [-0.39, 0.29) is 11.7 Å². The molecule has 2 aliphatic heterocycles. The Morgan fingerprint density at radius 3 is 3.19 bits per heavy atom. The first-order valence-electron chi connectivity index (χ1n) is 7.56. The fraction of sp³-hybridized carbons (Fsp3) is 0.471. The van der Waals surface area contributed by atoms with Gasteiger partial charge in [0.25, 0.3) is 0 Å². The molecular weight excluding hydrogens is 282 g/mol. The largest absolute Gasteiger partial charge is 0.489 e. The molecule has 0 bridgehead atoms. The summed E-state index contributed by atoms with van der Waals surface area (Å²) in [7, 11) is 0. The summed E-state index contributed by atoms with van der Waals surface area (Å²) in [5.74, 6) is 3.20. The van der Waals surface area contributed by atoms with Crippen LogP contribution in [0.1, 0.15) is 19.3 Å². The number of fused-ring (bicyclic) bond motifs is 1. The summed E-state index contributed by atoms with van der Waals surface area (Å²) >= 11 is 2.00. The van der Waals surface area contributed by atoms with E-state index in [1.165, 1.54) is 5.75 Å². The molecule has 0 saturated carbocycles. The van der Waals surface area contributed by atoms with E-state index in [0.717, 1.165) is 48.3 Å². The molecule has 3 nitrogen and oxygen atoms in total. The molecular formula is C17H19NO2S. The monoisotopic (exact) mass is 301 g/mol. The number of nitrogens with zero attached hydrogens (tertiary/aromatic N) is 1. The van der Waals surface area contributed by atoms with Crippen molar-refractivity contribution < 1.29 is 9.47 Å². The zero-order chi connectivity index (χ0) is 14.1. The van der Waals surface area contributed by atoms with E-state index in [4.69, 9.17) is 9.47 Å². The van der Waals surface area contributed by atoms with Crippen molar-refractivity contribution in [1.29, 1.82) is 0 Å². The number of thioether (sulfide) groups is 1. The van der Waals surface area contributed by atoms with Crippen molar-refractivity contribution in [1.82, 2.24) is 4.98 Å². The van der Waals surface area contributed by atoms with Crippen molar-refractivity contribution in [3.63, 3.8) is 0 Å². The summed E-state index contributed by atoms with van der Waals surface area (Å²) in [4.78, 5) is 4.48. The Labute approximate surface area is 129 Å². The van der Waals surface area contributed by atoms with Gasteiger partial charge in [0.05, 0.1) is 23.9 Å². The maximum atomic E-state index is 6.20. The third-order valence-electron chi connectivity index (χ3n) is 4.38. The first-order chi connectivity index (χ1) is 10.3. The average Bonchev–Trinajstić information content (AvgIpc) is 2.95. The molecule has 21 heavy (non-hydrogen) atoms. The fourth-order valence-corrected chi connectivity index (χ4v) is 4.63. The summed E-state index contributed by atoms with van der Waals surface area (Å²) in [5.41, 5.74) is 1.08. The molecule has 0 amide bonds. The Morgan fingerprint density at radius 2 is 2.29 bits per heavy atom. The highest BCUT2D eigenvalue weighted by molar-refractivity contribution is 7.99. The van der Waals surface area contributed by atoms with E-state index in [2.05, 4.69) is 17.1 Å². The van der Waals surface area contributed by atoms with Gasteiger partial charge in [-0.1, -0.05) is 18.2 Å². The molecule has 2 unspecified atom stereocenters. The second-order valence-electron chi connectivity index (χ2n) is 5.93. The molecule has 2 aromatic rings. The van der Waals surface area contributed by atoms with Gasteiger partial charge in [0.15, 0.2) is 0 Å². The Morgan fingerprint density at radius 1 is 1.33 bits per heavy atom. The lowest BCUT2D eigenvalue weighted by Crippen LogP contribution is -2.43. The quantitative estimate of drug-likeness (QED) is 0.847. The fourth-order valence-electron chi connectivity index (χ4n) is 3.25. The highest BCUT2D eigenvalue weighted by Gasteiger charge is 2.41. The maximum absolute atomic E-state index is 6.20. The third-order valence-corrected chi connectivity index (χ3v) is 5.61. The molecule has 1 aromatic carbocycles. The van der Waals surface area contributed by atoms with Crippen molar-refractivity contribution in [3.8, 4) is 5.75 Å². The maximum Gasteiger partial charge on any atom is 0.138 e. The topological polar surface area (TPSA) is 31.4 Å². The Kier molecular flexibility index (Phi) is 3.51. The number of para-hydroxylation sites is 1. The van der Waals surface area contributed by atoms with E-state index in [1.807, 2.05) is 36.2 Å². The summed E-state index contributed by atoms with van der Waals surface area (Å²) in [5, 5.41) is 1.13. The molecule has 2 saturated heterocycles. The van der Waals surface area contributed by atoms with Crippen molar-refractivity contribution >= 4 is 22.7 Å². The second kappa shape index (κ2) is 5.50. The average molecular weight is 301 g/mol. The number of aromatic nitrogens is 1. The van der Waals surface area contributed by atoms with Crippen LogP contribution in [0.3, 0.4) is 0 Å². The minimum absolute atomic E-state index is 0.0673. The van der Waals surface area contributed by atoms with Crippen LogP contribution in [-0.4, -0.2) is 34.8 Å². The van der Waals surface area contributed by atoms with Crippen LogP contribution in [0.2, 0.25) is 0 Å². The lowest BCUT2D eigenvalue weighted by Gasteiger charge is -2.37. The number of hydrogen-bond donors (Lipinski definition) is 0. The molecule has 0 aliphatic carbocycles. The molecule has 3 heterocycles. The molecule has 0 radical (unpaired) electrons. The van der Waals surface area contributed by atoms with E-state index in [0.29, 0.717) is 0 Å². The SMILES string of the molecule is c1ccc2ncc(OC3CCOC4(CCSC4)C3)cc2c1. The van der Waals surface area contributed by atoms with Crippen molar-refractivity contribution in [3.05, 3.63) is 36.5 Å². The molecule has 4 rings (SSSR count). The first kappa shape index (κ1) is 13.4. The molecule has 1 aromatic heterocycles. The van der Waals surface area contributed by atoms with Crippen molar-refractivity contribution in [2.24, 2.45) is 0 Å². The lowest BCUT2D eigenvalue weighted by atomic mass is 9.91. The van der Waals surface area contributed by atoms with E-state index in [9.17, 15) is 0 Å². The van der Waals surface area contributed by atoms with Gasteiger partial charge in [-0.05, 0) is 24.3 Å². The van der Waals surface area contributed by atoms with E-state index in [1.54, 1.807) is 0 Å². The molecule has 0 N–H and O–H groups in total. The van der Waals surface area contributed by atoms with Gasteiger partial charge in [-0.15, -0.1) is 0 Å². The smallest absolute Gasteiger partial charge is 0.138 e. The summed E-state index contributed by atoms with van der Waals surface area (Å²) in [6.07, 6.45) is 5.23. The molecule has 2 atom stereocenters. The van der Waals surface area contributed by atoms with Gasteiger partial charge in [-0.25, -0.2) is 0 Å². The molecule has 4 heteroatoms. The van der Waals surface area contributed by atoms with Crippen molar-refractivity contribution in [2.45, 2.75) is 31.0 Å². The molecule has 110 valence electrons. The normalized spacial score (nSPS) is 29.0. The highest BCUT2D eigenvalue weighted by atomic mass is 32.2. The molecule has 2 fully saturated rings. The van der Waals surface area contributed by atoms with Gasteiger partial charge >= 0.3 is 0 Å². The standard InChI is InChI=1S/C17H19NO2S/c1-2-4-16-13(3-1)9-15(11-18-16)20-14-5-7-19-17(10-14)6-8-21-12-17/h1-4,9,11,14H,5-8,10,12H2. The summed E-state index contributed by atoms with van der Waals surface area (Å²) in [6.45, 7) is 0.812. The second-order valence-corrected chi connectivity index (χ2v) is 7.04. The van der Waals surface area contributed by atoms with Crippen LogP contribution in [0, 0.1) is 0 Å². The van der Waals surface area contributed by atoms with Crippen LogP contribution in [0.15, 0.2) is 36.5 Å². The first-order valence-corrected chi connectivity index (χ1v) is 8.72. The van der Waals surface area contributed by atoms with Crippen LogP contribution in [0.4, 0.5) is 0 Å². The minimum Gasteiger partial charge on any atom is -0.489 e. The van der Waals surface area contributed by atoms with Gasteiger partial charge in [0.2, 0.25) is 0 Å². The Bertz CT molecular complexity index is 639. The van der Waals surface area contributed by atoms with Gasteiger partial charge < -0.3 is 9.47 Å². The van der Waals surface area contributed by atoms with Crippen LogP contribution in [-0.2, 0) is 4.74 Å². The zero-order valence-electron chi connectivity index (χ0n) is 12.0.